The Morgan fingerprint density at radius 1 is 1.41 bits per heavy atom. The lowest BCUT2D eigenvalue weighted by Gasteiger charge is -2.13. The molecule has 2 aromatic rings. The van der Waals surface area contributed by atoms with Gasteiger partial charge in [0.1, 0.15) is 0 Å². The third-order valence-corrected chi connectivity index (χ3v) is 3.84. The predicted octanol–water partition coefficient (Wildman–Crippen LogP) is 2.07. The second-order valence-corrected chi connectivity index (χ2v) is 5.59. The summed E-state index contributed by atoms with van der Waals surface area (Å²) < 4.78 is 20.4. The van der Waals surface area contributed by atoms with E-state index in [0.717, 1.165) is 17.8 Å². The van der Waals surface area contributed by atoms with Gasteiger partial charge in [-0.05, 0) is 32.6 Å². The van der Waals surface area contributed by atoms with Gasteiger partial charge in [-0.2, -0.15) is 0 Å². The van der Waals surface area contributed by atoms with Crippen LogP contribution in [0, 0.1) is 12.7 Å². The number of methoxy groups -OCH3 is 1. The van der Waals surface area contributed by atoms with Crippen LogP contribution in [0.5, 0.6) is 5.75 Å². The van der Waals surface area contributed by atoms with Crippen molar-refractivity contribution in [1.82, 2.24) is 9.47 Å². The summed E-state index contributed by atoms with van der Waals surface area (Å²) in [6, 6.07) is 2.69. The molecule has 0 saturated heterocycles. The van der Waals surface area contributed by atoms with Gasteiger partial charge in [0.25, 0.3) is 0 Å². The van der Waals surface area contributed by atoms with Gasteiger partial charge in [-0.15, -0.1) is 0 Å². The number of nitrogens with zero attached hydrogens (tertiary/aromatic N) is 2. The van der Waals surface area contributed by atoms with Gasteiger partial charge in [-0.1, -0.05) is 0 Å². The van der Waals surface area contributed by atoms with Crippen molar-refractivity contribution < 1.29 is 19.0 Å². The van der Waals surface area contributed by atoms with Crippen molar-refractivity contribution in [3.05, 3.63) is 29.2 Å². The minimum atomic E-state index is -0.666. The summed E-state index contributed by atoms with van der Waals surface area (Å²) in [5.41, 5.74) is 2.32. The van der Waals surface area contributed by atoms with Gasteiger partial charge in [0.15, 0.2) is 11.6 Å². The highest BCUT2D eigenvalue weighted by Crippen LogP contribution is 2.31. The smallest absolute Gasteiger partial charge is 0.310 e. The summed E-state index contributed by atoms with van der Waals surface area (Å²) in [5, 5.41) is 10.3. The van der Waals surface area contributed by atoms with E-state index in [1.54, 1.807) is 0 Å². The Balaban J connectivity index is 2.59. The molecule has 1 N–H and O–H groups in total. The quantitative estimate of drug-likeness (QED) is 0.859. The second-order valence-electron chi connectivity index (χ2n) is 5.59. The van der Waals surface area contributed by atoms with Crippen molar-refractivity contribution >= 4 is 16.9 Å². The van der Waals surface area contributed by atoms with Gasteiger partial charge in [0, 0.05) is 30.2 Å². The molecule has 2 rings (SSSR count). The number of aromatic hydroxyl groups is 1. The number of carbonyl (C=O) groups excluding carboxylic acids is 1. The van der Waals surface area contributed by atoms with Gasteiger partial charge in [0.2, 0.25) is 0 Å². The van der Waals surface area contributed by atoms with E-state index in [0.29, 0.717) is 17.4 Å². The number of phenols is 1. The molecule has 0 aliphatic carbocycles. The van der Waals surface area contributed by atoms with Crippen LogP contribution in [0.4, 0.5) is 4.39 Å². The van der Waals surface area contributed by atoms with E-state index in [2.05, 4.69) is 0 Å². The minimum Gasteiger partial charge on any atom is -0.505 e. The second kappa shape index (κ2) is 6.36. The molecule has 22 heavy (non-hydrogen) atoms. The molecule has 1 aromatic heterocycles. The highest BCUT2D eigenvalue weighted by molar-refractivity contribution is 5.90. The van der Waals surface area contributed by atoms with Crippen molar-refractivity contribution in [2.75, 3.05) is 27.7 Å². The average Bonchev–Trinajstić information content (AvgIpc) is 2.70. The molecule has 5 nitrogen and oxygen atoms in total. The van der Waals surface area contributed by atoms with Crippen LogP contribution in [0.1, 0.15) is 11.3 Å². The summed E-state index contributed by atoms with van der Waals surface area (Å²) in [6.07, 6.45) is 0.0961. The van der Waals surface area contributed by atoms with E-state index >= 15 is 0 Å². The number of ether oxygens (including phenoxy) is 1. The summed E-state index contributed by atoms with van der Waals surface area (Å²) in [7, 11) is 5.26. The molecular weight excluding hydrogens is 287 g/mol. The average molecular weight is 308 g/mol. The van der Waals surface area contributed by atoms with Crippen LogP contribution < -0.4 is 0 Å². The maximum atomic E-state index is 13.7. The molecule has 0 bridgehead atoms. The number of hydrogen-bond donors (Lipinski definition) is 1. The predicted molar refractivity (Wildman–Crippen MR) is 82.6 cm³/mol. The number of benzene rings is 1. The van der Waals surface area contributed by atoms with Crippen LogP contribution in [-0.2, 0) is 22.5 Å². The SMILES string of the molecule is COC(=O)Cc1c(C)n(CCN(C)C)c2cc(F)c(O)cc12. The minimum absolute atomic E-state index is 0.0961. The summed E-state index contributed by atoms with van der Waals surface area (Å²) in [6.45, 7) is 3.34. The largest absolute Gasteiger partial charge is 0.505 e. The van der Waals surface area contributed by atoms with Crippen molar-refractivity contribution in [3.8, 4) is 5.75 Å². The lowest BCUT2D eigenvalue weighted by atomic mass is 10.1. The fourth-order valence-electron chi connectivity index (χ4n) is 2.58. The molecule has 0 unspecified atom stereocenters. The van der Waals surface area contributed by atoms with E-state index in [4.69, 9.17) is 4.74 Å². The summed E-state index contributed by atoms with van der Waals surface area (Å²) in [5.74, 6) is -1.44. The maximum Gasteiger partial charge on any atom is 0.310 e. The van der Waals surface area contributed by atoms with Gasteiger partial charge in [0.05, 0.1) is 19.0 Å². The van der Waals surface area contributed by atoms with Gasteiger partial charge in [-0.3, -0.25) is 4.79 Å². The van der Waals surface area contributed by atoms with Gasteiger partial charge >= 0.3 is 5.97 Å². The molecule has 1 heterocycles. The number of carbonyl (C=O) groups is 1. The monoisotopic (exact) mass is 308 g/mol. The molecule has 0 saturated carbocycles. The van der Waals surface area contributed by atoms with Crippen molar-refractivity contribution in [2.24, 2.45) is 0 Å². The fourth-order valence-corrected chi connectivity index (χ4v) is 2.58. The van der Waals surface area contributed by atoms with Crippen molar-refractivity contribution in [2.45, 2.75) is 19.9 Å². The lowest BCUT2D eigenvalue weighted by Crippen LogP contribution is -2.19. The topological polar surface area (TPSA) is 54.7 Å². The first-order valence-electron chi connectivity index (χ1n) is 7.06. The van der Waals surface area contributed by atoms with Crippen LogP contribution >= 0.6 is 0 Å². The Morgan fingerprint density at radius 3 is 2.68 bits per heavy atom. The Bertz CT molecular complexity index is 707. The molecular formula is C16H21FN2O3. The van der Waals surface area contributed by atoms with Crippen LogP contribution in [0.3, 0.4) is 0 Å². The first kappa shape index (κ1) is 16.3. The fraction of sp³-hybridized carbons (Fsp3) is 0.438. The number of hydrogen-bond acceptors (Lipinski definition) is 4. The normalized spacial score (nSPS) is 11.4. The zero-order chi connectivity index (χ0) is 16.4. The number of aromatic nitrogens is 1. The number of halogens is 1. The Labute approximate surface area is 128 Å². The van der Waals surface area contributed by atoms with E-state index in [-0.39, 0.29) is 12.4 Å². The zero-order valence-corrected chi connectivity index (χ0v) is 13.3. The zero-order valence-electron chi connectivity index (χ0n) is 13.3. The molecule has 0 radical (unpaired) electrons. The highest BCUT2D eigenvalue weighted by atomic mass is 19.1. The Kier molecular flexibility index (Phi) is 4.71. The van der Waals surface area contributed by atoms with Crippen LogP contribution in [0.2, 0.25) is 0 Å². The van der Waals surface area contributed by atoms with Crippen molar-refractivity contribution in [1.29, 1.82) is 0 Å². The molecule has 0 aliphatic heterocycles. The lowest BCUT2D eigenvalue weighted by molar-refractivity contribution is -0.139. The molecule has 0 spiro atoms. The summed E-state index contributed by atoms with van der Waals surface area (Å²) in [4.78, 5) is 13.7. The number of fused-ring (bicyclic) bond motifs is 1. The molecule has 0 atom stereocenters. The van der Waals surface area contributed by atoms with E-state index in [9.17, 15) is 14.3 Å². The number of phenolic OH excluding ortho intramolecular Hbond substituents is 1. The standard InChI is InChI=1S/C16H21FN2O3/c1-10-11(8-16(21)22-4)12-7-15(20)13(17)9-14(12)19(10)6-5-18(2)3/h7,9,20H,5-6,8H2,1-4H3. The van der Waals surface area contributed by atoms with Crippen LogP contribution in [-0.4, -0.2) is 48.3 Å². The number of likely N-dealkylation sites (N-methyl/N-ethyl adjacent to an activating group) is 1. The third kappa shape index (κ3) is 3.06. The number of rotatable bonds is 5. The van der Waals surface area contributed by atoms with Gasteiger partial charge < -0.3 is 19.3 Å². The maximum absolute atomic E-state index is 13.7. The molecule has 1 aromatic carbocycles. The number of esters is 1. The molecule has 0 amide bonds. The first-order valence-corrected chi connectivity index (χ1v) is 7.06. The van der Waals surface area contributed by atoms with Gasteiger partial charge in [-0.25, -0.2) is 4.39 Å². The van der Waals surface area contributed by atoms with Crippen LogP contribution in [0.15, 0.2) is 12.1 Å². The summed E-state index contributed by atoms with van der Waals surface area (Å²) >= 11 is 0. The van der Waals surface area contributed by atoms with E-state index in [1.165, 1.54) is 19.2 Å². The van der Waals surface area contributed by atoms with Crippen LogP contribution in [0.25, 0.3) is 10.9 Å². The Hall–Kier alpha value is -2.08. The first-order chi connectivity index (χ1) is 10.3. The third-order valence-electron chi connectivity index (χ3n) is 3.84. The molecule has 120 valence electrons. The van der Waals surface area contributed by atoms with E-state index < -0.39 is 11.6 Å². The molecule has 0 fully saturated rings. The Morgan fingerprint density at radius 2 is 2.09 bits per heavy atom. The highest BCUT2D eigenvalue weighted by Gasteiger charge is 2.19. The van der Waals surface area contributed by atoms with Crippen molar-refractivity contribution in [3.63, 3.8) is 0 Å². The molecule has 6 heteroatoms. The molecule has 0 aliphatic rings. The van der Waals surface area contributed by atoms with E-state index in [1.807, 2.05) is 30.5 Å².